The maximum atomic E-state index is 12.8. The molecule has 4 rings (SSSR count). The van der Waals surface area contributed by atoms with E-state index in [1.165, 1.54) is 0 Å². The van der Waals surface area contributed by atoms with Crippen molar-refractivity contribution >= 4 is 17.6 Å². The molecule has 1 aliphatic heterocycles. The van der Waals surface area contributed by atoms with Crippen LogP contribution in [0.15, 0.2) is 53.1 Å². The Kier molecular flexibility index (Phi) is 8.26. The predicted octanol–water partition coefficient (Wildman–Crippen LogP) is 4.85. The van der Waals surface area contributed by atoms with Gasteiger partial charge in [0.25, 0.3) is 0 Å². The average molecular weight is 477 g/mol. The number of carbonyl (C=O) groups excluding carboxylic acids is 2. The molecule has 1 fully saturated rings. The van der Waals surface area contributed by atoms with Gasteiger partial charge in [0, 0.05) is 17.2 Å². The van der Waals surface area contributed by atoms with Gasteiger partial charge in [-0.3, -0.25) is 9.69 Å². The maximum absolute atomic E-state index is 12.8. The molecule has 8 nitrogen and oxygen atoms in total. The quantitative estimate of drug-likeness (QED) is 0.348. The lowest BCUT2D eigenvalue weighted by molar-refractivity contribution is -0.121. The number of amides is 1. The molecule has 8 heteroatoms. The lowest BCUT2D eigenvalue weighted by atomic mass is 9.96. The van der Waals surface area contributed by atoms with Crippen molar-refractivity contribution in [2.75, 3.05) is 25.0 Å². The zero-order valence-corrected chi connectivity index (χ0v) is 20.3. The van der Waals surface area contributed by atoms with E-state index in [2.05, 4.69) is 20.4 Å². The molecule has 0 spiro atoms. The van der Waals surface area contributed by atoms with E-state index in [0.717, 1.165) is 49.9 Å². The van der Waals surface area contributed by atoms with Crippen molar-refractivity contribution in [3.63, 3.8) is 0 Å². The van der Waals surface area contributed by atoms with E-state index in [4.69, 9.17) is 9.26 Å². The van der Waals surface area contributed by atoms with Crippen LogP contribution in [0, 0.1) is 12.8 Å². The minimum absolute atomic E-state index is 0.00236. The summed E-state index contributed by atoms with van der Waals surface area (Å²) in [6.07, 6.45) is 3.34. The van der Waals surface area contributed by atoms with Gasteiger partial charge in [0.15, 0.2) is 0 Å². The van der Waals surface area contributed by atoms with E-state index in [9.17, 15) is 9.59 Å². The Morgan fingerprint density at radius 3 is 2.57 bits per heavy atom. The van der Waals surface area contributed by atoms with Gasteiger partial charge in [-0.15, -0.1) is 0 Å². The number of hydrogen-bond acceptors (Lipinski definition) is 7. The summed E-state index contributed by atoms with van der Waals surface area (Å²) in [5, 5.41) is 7.10. The summed E-state index contributed by atoms with van der Waals surface area (Å²) in [6, 6.07) is 14.8. The molecule has 1 aromatic heterocycles. The molecule has 2 heterocycles. The number of nitrogens with zero attached hydrogens (tertiary/aromatic N) is 3. The first kappa shape index (κ1) is 24.6. The summed E-state index contributed by atoms with van der Waals surface area (Å²) in [4.78, 5) is 31.6. The van der Waals surface area contributed by atoms with Gasteiger partial charge in [0.1, 0.15) is 0 Å². The SMILES string of the molecule is CCCCOC(=O)c1ccc(NC(=O)C2CCN(Cc3nc(-c4ccccc4C)no3)CC2)cc1. The largest absolute Gasteiger partial charge is 0.462 e. The average Bonchev–Trinajstić information content (AvgIpc) is 3.33. The van der Waals surface area contributed by atoms with E-state index >= 15 is 0 Å². The number of hydrogen-bond donors (Lipinski definition) is 1. The number of benzene rings is 2. The molecule has 1 N–H and O–H groups in total. The van der Waals surface area contributed by atoms with Crippen molar-refractivity contribution in [1.29, 1.82) is 0 Å². The Morgan fingerprint density at radius 1 is 1.11 bits per heavy atom. The van der Waals surface area contributed by atoms with Crippen LogP contribution in [-0.2, 0) is 16.1 Å². The van der Waals surface area contributed by atoms with Crippen molar-refractivity contribution in [1.82, 2.24) is 15.0 Å². The van der Waals surface area contributed by atoms with Crippen LogP contribution in [0.3, 0.4) is 0 Å². The predicted molar refractivity (Wildman–Crippen MR) is 133 cm³/mol. The molecule has 0 bridgehead atoms. The monoisotopic (exact) mass is 476 g/mol. The van der Waals surface area contributed by atoms with E-state index in [1.54, 1.807) is 24.3 Å². The van der Waals surface area contributed by atoms with E-state index in [-0.39, 0.29) is 17.8 Å². The highest BCUT2D eigenvalue weighted by Gasteiger charge is 2.26. The summed E-state index contributed by atoms with van der Waals surface area (Å²) in [5.41, 5.74) is 3.24. The molecule has 1 aliphatic rings. The first-order valence-corrected chi connectivity index (χ1v) is 12.2. The summed E-state index contributed by atoms with van der Waals surface area (Å²) < 4.78 is 10.7. The third-order valence-electron chi connectivity index (χ3n) is 6.29. The summed E-state index contributed by atoms with van der Waals surface area (Å²) in [7, 11) is 0. The highest BCUT2D eigenvalue weighted by atomic mass is 16.5. The third kappa shape index (κ3) is 6.54. The molecular formula is C27H32N4O4. The Hall–Kier alpha value is -3.52. The van der Waals surface area contributed by atoms with E-state index in [1.807, 2.05) is 38.1 Å². The molecular weight excluding hydrogens is 444 g/mol. The molecule has 0 radical (unpaired) electrons. The zero-order chi connectivity index (χ0) is 24.6. The van der Waals surface area contributed by atoms with Crippen LogP contribution in [0.5, 0.6) is 0 Å². The highest BCUT2D eigenvalue weighted by molar-refractivity contribution is 5.94. The number of aromatic nitrogens is 2. The van der Waals surface area contributed by atoms with Gasteiger partial charge in [0.05, 0.1) is 18.7 Å². The van der Waals surface area contributed by atoms with Crippen molar-refractivity contribution in [3.05, 3.63) is 65.5 Å². The molecule has 1 amide bonds. The first-order valence-electron chi connectivity index (χ1n) is 12.2. The fourth-order valence-corrected chi connectivity index (χ4v) is 4.12. The standard InChI is InChI=1S/C27H32N4O4/c1-3-4-17-34-27(33)21-9-11-22(12-10-21)28-26(32)20-13-15-31(16-14-20)18-24-29-25(30-35-24)23-8-6-5-7-19(23)2/h5-12,20H,3-4,13-18H2,1-2H3,(H,28,32). The second kappa shape index (κ2) is 11.8. The number of esters is 1. The highest BCUT2D eigenvalue weighted by Crippen LogP contribution is 2.23. The summed E-state index contributed by atoms with van der Waals surface area (Å²) in [5.74, 6) is 0.792. The first-order chi connectivity index (χ1) is 17.0. The number of anilines is 1. The number of nitrogens with one attached hydrogen (secondary N) is 1. The lowest BCUT2D eigenvalue weighted by Gasteiger charge is -2.30. The molecule has 0 saturated carbocycles. The molecule has 0 aliphatic carbocycles. The normalized spacial score (nSPS) is 14.6. The molecule has 184 valence electrons. The minimum atomic E-state index is -0.337. The van der Waals surface area contributed by atoms with Gasteiger partial charge in [-0.25, -0.2) is 4.79 Å². The number of likely N-dealkylation sites (tertiary alicyclic amines) is 1. The van der Waals surface area contributed by atoms with Crippen LogP contribution in [0.1, 0.15) is 54.4 Å². The second-order valence-corrected chi connectivity index (χ2v) is 8.93. The van der Waals surface area contributed by atoms with Gasteiger partial charge < -0.3 is 14.6 Å². The van der Waals surface area contributed by atoms with Gasteiger partial charge >= 0.3 is 5.97 Å². The van der Waals surface area contributed by atoms with E-state index < -0.39 is 0 Å². The van der Waals surface area contributed by atoms with Crippen LogP contribution in [0.25, 0.3) is 11.4 Å². The van der Waals surface area contributed by atoms with Crippen molar-refractivity contribution < 1.29 is 18.8 Å². The molecule has 1 saturated heterocycles. The van der Waals surface area contributed by atoms with Gasteiger partial charge in [-0.05, 0) is 69.1 Å². The fourth-order valence-electron chi connectivity index (χ4n) is 4.12. The zero-order valence-electron chi connectivity index (χ0n) is 20.3. The van der Waals surface area contributed by atoms with Gasteiger partial charge in [-0.2, -0.15) is 4.98 Å². The van der Waals surface area contributed by atoms with Crippen molar-refractivity contribution in [2.24, 2.45) is 5.92 Å². The lowest BCUT2D eigenvalue weighted by Crippen LogP contribution is -2.37. The van der Waals surface area contributed by atoms with Crippen molar-refractivity contribution in [2.45, 2.75) is 46.1 Å². The van der Waals surface area contributed by atoms with Crippen LogP contribution >= 0.6 is 0 Å². The van der Waals surface area contributed by atoms with Crippen LogP contribution in [0.4, 0.5) is 5.69 Å². The van der Waals surface area contributed by atoms with E-state index in [0.29, 0.717) is 36.1 Å². The number of unbranched alkanes of at least 4 members (excludes halogenated alkanes) is 1. The molecule has 2 aromatic carbocycles. The Morgan fingerprint density at radius 2 is 1.86 bits per heavy atom. The van der Waals surface area contributed by atoms with Crippen LogP contribution in [0.2, 0.25) is 0 Å². The number of rotatable bonds is 9. The topological polar surface area (TPSA) is 97.6 Å². The third-order valence-corrected chi connectivity index (χ3v) is 6.29. The second-order valence-electron chi connectivity index (χ2n) is 8.93. The maximum Gasteiger partial charge on any atom is 0.338 e. The number of piperidine rings is 1. The minimum Gasteiger partial charge on any atom is -0.462 e. The Bertz CT molecular complexity index is 1130. The van der Waals surface area contributed by atoms with Crippen LogP contribution < -0.4 is 5.32 Å². The number of ether oxygens (including phenoxy) is 1. The fraction of sp³-hybridized carbons (Fsp3) is 0.407. The van der Waals surface area contributed by atoms with Crippen LogP contribution in [-0.4, -0.2) is 46.6 Å². The Balaban J connectivity index is 1.23. The van der Waals surface area contributed by atoms with Gasteiger partial charge in [-0.1, -0.05) is 42.8 Å². The van der Waals surface area contributed by atoms with Crippen molar-refractivity contribution in [3.8, 4) is 11.4 Å². The smallest absolute Gasteiger partial charge is 0.338 e. The number of carbonyl (C=O) groups is 2. The molecule has 3 aromatic rings. The van der Waals surface area contributed by atoms with Gasteiger partial charge in [0.2, 0.25) is 17.6 Å². The molecule has 35 heavy (non-hydrogen) atoms. The number of aryl methyl sites for hydroxylation is 1. The molecule has 0 atom stereocenters. The Labute approximate surface area is 205 Å². The summed E-state index contributed by atoms with van der Waals surface area (Å²) in [6.45, 7) is 6.63. The molecule has 0 unspecified atom stereocenters. The summed E-state index contributed by atoms with van der Waals surface area (Å²) >= 11 is 0.